The molecule has 1 aromatic heterocycles. The molecule has 0 fully saturated rings. The van der Waals surface area contributed by atoms with Crippen LogP contribution >= 0.6 is 11.6 Å². The fraction of sp³-hybridized carbons (Fsp3) is 0.429. The van der Waals surface area contributed by atoms with Crippen LogP contribution in [0.2, 0.25) is 5.02 Å². The number of H-pyrrole nitrogens is 1. The van der Waals surface area contributed by atoms with Crippen molar-refractivity contribution in [2.75, 3.05) is 6.61 Å². The van der Waals surface area contributed by atoms with Crippen LogP contribution < -0.4 is 10.1 Å². The van der Waals surface area contributed by atoms with Gasteiger partial charge in [0.15, 0.2) is 12.4 Å². The summed E-state index contributed by atoms with van der Waals surface area (Å²) in [5.41, 5.74) is 0.874. The zero-order chi connectivity index (χ0) is 16.1. The van der Waals surface area contributed by atoms with Gasteiger partial charge in [0, 0.05) is 5.02 Å². The highest BCUT2D eigenvalue weighted by molar-refractivity contribution is 6.30. The third kappa shape index (κ3) is 4.17. The SMILES string of the molecule is Cc1cc(Cl)ccc1OCC(=O)NC(c1nn[nH]n1)C(C)C. The molecule has 1 atom stereocenters. The zero-order valence-corrected chi connectivity index (χ0v) is 13.4. The Hall–Kier alpha value is -2.15. The van der Waals surface area contributed by atoms with Crippen molar-refractivity contribution < 1.29 is 9.53 Å². The molecule has 1 amide bonds. The summed E-state index contributed by atoms with van der Waals surface area (Å²) in [5, 5.41) is 17.2. The average Bonchev–Trinajstić information content (AvgIpc) is 2.97. The van der Waals surface area contributed by atoms with E-state index in [1.807, 2.05) is 20.8 Å². The summed E-state index contributed by atoms with van der Waals surface area (Å²) in [7, 11) is 0. The van der Waals surface area contributed by atoms with E-state index in [9.17, 15) is 4.79 Å². The Morgan fingerprint density at radius 2 is 2.23 bits per heavy atom. The minimum atomic E-state index is -0.318. The Balaban J connectivity index is 1.94. The van der Waals surface area contributed by atoms with E-state index in [2.05, 4.69) is 25.9 Å². The Morgan fingerprint density at radius 1 is 1.45 bits per heavy atom. The van der Waals surface area contributed by atoms with Crippen LogP contribution in [0.15, 0.2) is 18.2 Å². The second-order valence-electron chi connectivity index (χ2n) is 5.26. The number of carbonyl (C=O) groups is 1. The van der Waals surface area contributed by atoms with Gasteiger partial charge in [-0.1, -0.05) is 30.7 Å². The molecule has 2 aromatic rings. The number of carbonyl (C=O) groups excluding carboxylic acids is 1. The van der Waals surface area contributed by atoms with Crippen LogP contribution in [0.4, 0.5) is 0 Å². The molecular formula is C14H18ClN5O2. The van der Waals surface area contributed by atoms with Gasteiger partial charge >= 0.3 is 0 Å². The van der Waals surface area contributed by atoms with Crippen molar-refractivity contribution in [3.63, 3.8) is 0 Å². The van der Waals surface area contributed by atoms with Crippen LogP contribution in [0.1, 0.15) is 31.3 Å². The third-order valence-corrected chi connectivity index (χ3v) is 3.35. The van der Waals surface area contributed by atoms with Gasteiger partial charge in [0.25, 0.3) is 5.91 Å². The topological polar surface area (TPSA) is 92.8 Å². The van der Waals surface area contributed by atoms with E-state index in [1.54, 1.807) is 18.2 Å². The fourth-order valence-electron chi connectivity index (χ4n) is 1.96. The summed E-state index contributed by atoms with van der Waals surface area (Å²) in [6.07, 6.45) is 0. The summed E-state index contributed by atoms with van der Waals surface area (Å²) in [6, 6.07) is 4.92. The van der Waals surface area contributed by atoms with Crippen molar-refractivity contribution in [3.05, 3.63) is 34.6 Å². The number of hydrogen-bond donors (Lipinski definition) is 2. The number of aromatic amines is 1. The molecule has 22 heavy (non-hydrogen) atoms. The number of amides is 1. The van der Waals surface area contributed by atoms with E-state index in [-0.39, 0.29) is 24.5 Å². The van der Waals surface area contributed by atoms with Gasteiger partial charge in [0.1, 0.15) is 5.75 Å². The molecule has 1 aromatic carbocycles. The van der Waals surface area contributed by atoms with Crippen molar-refractivity contribution in [3.8, 4) is 5.75 Å². The molecule has 0 aliphatic rings. The number of aryl methyl sites for hydroxylation is 1. The second-order valence-corrected chi connectivity index (χ2v) is 5.69. The van der Waals surface area contributed by atoms with Gasteiger partial charge in [-0.3, -0.25) is 4.79 Å². The van der Waals surface area contributed by atoms with Crippen LogP contribution in [-0.4, -0.2) is 33.1 Å². The van der Waals surface area contributed by atoms with Gasteiger partial charge in [-0.2, -0.15) is 5.21 Å². The highest BCUT2D eigenvalue weighted by atomic mass is 35.5. The van der Waals surface area contributed by atoms with Gasteiger partial charge in [0.05, 0.1) is 6.04 Å². The normalized spacial score (nSPS) is 12.2. The van der Waals surface area contributed by atoms with Gasteiger partial charge in [0.2, 0.25) is 0 Å². The minimum Gasteiger partial charge on any atom is -0.484 e. The second kappa shape index (κ2) is 7.22. The number of benzene rings is 1. The predicted octanol–water partition coefficient (Wildman–Crippen LogP) is 2.05. The third-order valence-electron chi connectivity index (χ3n) is 3.12. The minimum absolute atomic E-state index is 0.0937. The maximum absolute atomic E-state index is 12.1. The number of halogens is 1. The average molecular weight is 324 g/mol. The molecule has 118 valence electrons. The molecule has 2 N–H and O–H groups in total. The largest absolute Gasteiger partial charge is 0.484 e. The molecule has 7 nitrogen and oxygen atoms in total. The van der Waals surface area contributed by atoms with Crippen molar-refractivity contribution in [1.29, 1.82) is 0 Å². The number of nitrogens with one attached hydrogen (secondary N) is 2. The van der Waals surface area contributed by atoms with E-state index in [0.717, 1.165) is 5.56 Å². The highest BCUT2D eigenvalue weighted by Crippen LogP contribution is 2.22. The smallest absolute Gasteiger partial charge is 0.258 e. The first-order valence-corrected chi connectivity index (χ1v) is 7.27. The molecule has 0 aliphatic carbocycles. The van der Waals surface area contributed by atoms with Crippen LogP contribution in [0.5, 0.6) is 5.75 Å². The van der Waals surface area contributed by atoms with Gasteiger partial charge in [-0.05, 0) is 36.6 Å². The Labute approximate surface area is 133 Å². The number of nitrogens with zero attached hydrogens (tertiary/aromatic N) is 3. The molecule has 2 rings (SSSR count). The number of hydrogen-bond acceptors (Lipinski definition) is 5. The molecule has 1 heterocycles. The van der Waals surface area contributed by atoms with Gasteiger partial charge in [-0.25, -0.2) is 0 Å². The lowest BCUT2D eigenvalue weighted by Crippen LogP contribution is -2.35. The maximum Gasteiger partial charge on any atom is 0.258 e. The summed E-state index contributed by atoms with van der Waals surface area (Å²) in [5.74, 6) is 0.947. The lowest BCUT2D eigenvalue weighted by molar-refractivity contribution is -0.124. The number of rotatable bonds is 6. The summed E-state index contributed by atoms with van der Waals surface area (Å²) in [6.45, 7) is 5.70. The quantitative estimate of drug-likeness (QED) is 0.848. The summed E-state index contributed by atoms with van der Waals surface area (Å²) < 4.78 is 5.52. The fourth-order valence-corrected chi connectivity index (χ4v) is 2.19. The predicted molar refractivity (Wildman–Crippen MR) is 81.6 cm³/mol. The molecule has 8 heteroatoms. The molecule has 0 spiro atoms. The van der Waals surface area contributed by atoms with Gasteiger partial charge in [-0.15, -0.1) is 10.2 Å². The first-order chi connectivity index (χ1) is 10.5. The molecule has 0 saturated carbocycles. The Morgan fingerprint density at radius 3 is 2.82 bits per heavy atom. The molecule has 1 unspecified atom stereocenters. The highest BCUT2D eigenvalue weighted by Gasteiger charge is 2.22. The van der Waals surface area contributed by atoms with Gasteiger partial charge < -0.3 is 10.1 Å². The van der Waals surface area contributed by atoms with Crippen LogP contribution in [-0.2, 0) is 4.79 Å². The van der Waals surface area contributed by atoms with Crippen molar-refractivity contribution in [1.82, 2.24) is 25.9 Å². The monoisotopic (exact) mass is 323 g/mol. The summed E-state index contributed by atoms with van der Waals surface area (Å²) >= 11 is 5.88. The lowest BCUT2D eigenvalue weighted by Gasteiger charge is -2.19. The lowest BCUT2D eigenvalue weighted by atomic mass is 10.0. The number of tetrazole rings is 1. The van der Waals surface area contributed by atoms with Crippen molar-refractivity contribution in [2.45, 2.75) is 26.8 Å². The van der Waals surface area contributed by atoms with Crippen LogP contribution in [0, 0.1) is 12.8 Å². The molecule has 0 saturated heterocycles. The molecular weight excluding hydrogens is 306 g/mol. The maximum atomic E-state index is 12.1. The zero-order valence-electron chi connectivity index (χ0n) is 12.6. The standard InChI is InChI=1S/C14H18ClN5O2/c1-8(2)13(14-17-19-20-18-14)16-12(21)7-22-11-5-4-10(15)6-9(11)3/h4-6,8,13H,7H2,1-3H3,(H,16,21)(H,17,18,19,20). The Kier molecular flexibility index (Phi) is 5.32. The number of ether oxygens (including phenoxy) is 1. The number of aromatic nitrogens is 4. The summed E-state index contributed by atoms with van der Waals surface area (Å²) in [4.78, 5) is 12.1. The van der Waals surface area contributed by atoms with Crippen molar-refractivity contribution in [2.24, 2.45) is 5.92 Å². The van der Waals surface area contributed by atoms with E-state index in [0.29, 0.717) is 16.6 Å². The van der Waals surface area contributed by atoms with E-state index in [1.165, 1.54) is 0 Å². The first kappa shape index (κ1) is 16.2. The van der Waals surface area contributed by atoms with Crippen LogP contribution in [0.25, 0.3) is 0 Å². The van der Waals surface area contributed by atoms with E-state index < -0.39 is 0 Å². The molecule has 0 radical (unpaired) electrons. The molecule has 0 aliphatic heterocycles. The van der Waals surface area contributed by atoms with E-state index in [4.69, 9.17) is 16.3 Å². The Bertz CT molecular complexity index is 630. The van der Waals surface area contributed by atoms with E-state index >= 15 is 0 Å². The van der Waals surface area contributed by atoms with Crippen molar-refractivity contribution >= 4 is 17.5 Å². The molecule has 0 bridgehead atoms. The van der Waals surface area contributed by atoms with Crippen LogP contribution in [0.3, 0.4) is 0 Å². The first-order valence-electron chi connectivity index (χ1n) is 6.89.